The van der Waals surface area contributed by atoms with Crippen molar-refractivity contribution in [3.8, 4) is 11.3 Å². The van der Waals surface area contributed by atoms with E-state index >= 15 is 0 Å². The van der Waals surface area contributed by atoms with E-state index in [2.05, 4.69) is 30.7 Å². The molecule has 0 radical (unpaired) electrons. The number of likely N-dealkylation sites (tertiary alicyclic amines) is 1. The average Bonchev–Trinajstić information content (AvgIpc) is 3.50. The highest BCUT2D eigenvalue weighted by Gasteiger charge is 2.27. The van der Waals surface area contributed by atoms with E-state index in [9.17, 15) is 4.79 Å². The predicted molar refractivity (Wildman–Crippen MR) is 110 cm³/mol. The van der Waals surface area contributed by atoms with Crippen LogP contribution in [0.25, 0.3) is 11.3 Å². The molecule has 0 atom stereocenters. The molecule has 1 aliphatic carbocycles. The van der Waals surface area contributed by atoms with Crippen molar-refractivity contribution in [3.63, 3.8) is 0 Å². The van der Waals surface area contributed by atoms with Gasteiger partial charge in [0.25, 0.3) is 5.56 Å². The van der Waals surface area contributed by atoms with Crippen molar-refractivity contribution in [2.75, 3.05) is 13.1 Å². The largest absolute Gasteiger partial charge is 0.331 e. The lowest BCUT2D eigenvalue weighted by Gasteiger charge is -2.31. The van der Waals surface area contributed by atoms with E-state index in [0.29, 0.717) is 18.5 Å². The molecule has 1 aliphatic heterocycles. The van der Waals surface area contributed by atoms with Crippen LogP contribution < -0.4 is 5.56 Å². The molecule has 7 nitrogen and oxygen atoms in total. The van der Waals surface area contributed by atoms with Gasteiger partial charge in [0.2, 0.25) is 0 Å². The zero-order valence-electron chi connectivity index (χ0n) is 16.5. The van der Waals surface area contributed by atoms with E-state index in [4.69, 9.17) is 0 Å². The third-order valence-corrected chi connectivity index (χ3v) is 6.04. The van der Waals surface area contributed by atoms with Crippen LogP contribution in [0.5, 0.6) is 0 Å². The van der Waals surface area contributed by atoms with Crippen molar-refractivity contribution in [1.29, 1.82) is 0 Å². The summed E-state index contributed by atoms with van der Waals surface area (Å²) in [6, 6.07) is 7.92. The van der Waals surface area contributed by atoms with Crippen LogP contribution in [0.3, 0.4) is 0 Å². The molecule has 3 aromatic heterocycles. The maximum absolute atomic E-state index is 12.3. The Kier molecular flexibility index (Phi) is 4.97. The van der Waals surface area contributed by atoms with Crippen molar-refractivity contribution in [2.45, 2.75) is 44.8 Å². The number of imidazole rings is 1. The van der Waals surface area contributed by atoms with Gasteiger partial charge < -0.3 is 4.57 Å². The third-order valence-electron chi connectivity index (χ3n) is 6.04. The number of hydrogen-bond donors (Lipinski definition) is 0. The second kappa shape index (κ2) is 7.91. The summed E-state index contributed by atoms with van der Waals surface area (Å²) in [4.78, 5) is 23.4. The molecule has 2 aliphatic rings. The molecular formula is C22H26N6O. The molecule has 1 saturated heterocycles. The molecule has 29 heavy (non-hydrogen) atoms. The molecule has 1 saturated carbocycles. The van der Waals surface area contributed by atoms with Crippen LogP contribution in [0.15, 0.2) is 53.8 Å². The quantitative estimate of drug-likeness (QED) is 0.647. The predicted octanol–water partition coefficient (Wildman–Crippen LogP) is 2.75. The molecule has 0 spiro atoms. The molecule has 0 bridgehead atoms. The lowest BCUT2D eigenvalue weighted by Crippen LogP contribution is -2.37. The zero-order chi connectivity index (χ0) is 19.6. The molecule has 0 N–H and O–H groups in total. The first-order valence-corrected chi connectivity index (χ1v) is 10.5. The van der Waals surface area contributed by atoms with E-state index in [-0.39, 0.29) is 5.56 Å². The number of hydrogen-bond acceptors (Lipinski definition) is 5. The second-order valence-electron chi connectivity index (χ2n) is 8.18. The molecule has 0 amide bonds. The van der Waals surface area contributed by atoms with E-state index in [1.807, 2.05) is 18.3 Å². The van der Waals surface area contributed by atoms with Crippen LogP contribution in [0.2, 0.25) is 0 Å². The summed E-state index contributed by atoms with van der Waals surface area (Å²) in [6.45, 7) is 3.69. The molecule has 3 aromatic rings. The minimum Gasteiger partial charge on any atom is -0.331 e. The summed E-state index contributed by atoms with van der Waals surface area (Å²) in [5.41, 5.74) is 1.77. The molecule has 150 valence electrons. The summed E-state index contributed by atoms with van der Waals surface area (Å²) in [7, 11) is 0. The summed E-state index contributed by atoms with van der Waals surface area (Å²) in [6.07, 6.45) is 12.3. The Morgan fingerprint density at radius 1 is 0.966 bits per heavy atom. The van der Waals surface area contributed by atoms with Gasteiger partial charge in [-0.3, -0.25) is 14.7 Å². The Morgan fingerprint density at radius 2 is 1.76 bits per heavy atom. The van der Waals surface area contributed by atoms with Gasteiger partial charge in [-0.1, -0.05) is 0 Å². The van der Waals surface area contributed by atoms with Gasteiger partial charge in [0.1, 0.15) is 5.82 Å². The maximum Gasteiger partial charge on any atom is 0.266 e. The maximum atomic E-state index is 12.3. The van der Waals surface area contributed by atoms with Gasteiger partial charge in [-0.2, -0.15) is 5.10 Å². The first kappa shape index (κ1) is 18.2. The second-order valence-corrected chi connectivity index (χ2v) is 8.18. The minimum atomic E-state index is -0.0308. The van der Waals surface area contributed by atoms with Crippen molar-refractivity contribution < 1.29 is 0 Å². The Morgan fingerprint density at radius 3 is 2.52 bits per heavy atom. The normalized spacial score (nSPS) is 18.2. The summed E-state index contributed by atoms with van der Waals surface area (Å²) in [5, 5.41) is 4.60. The van der Waals surface area contributed by atoms with E-state index in [0.717, 1.165) is 43.7 Å². The zero-order valence-corrected chi connectivity index (χ0v) is 16.5. The van der Waals surface area contributed by atoms with Crippen LogP contribution in [0.1, 0.15) is 37.5 Å². The number of aromatic nitrogens is 5. The molecule has 5 rings (SSSR count). The fourth-order valence-electron chi connectivity index (χ4n) is 4.18. The summed E-state index contributed by atoms with van der Waals surface area (Å²) < 4.78 is 3.98. The van der Waals surface area contributed by atoms with Gasteiger partial charge in [0.15, 0.2) is 0 Å². The van der Waals surface area contributed by atoms with Gasteiger partial charge >= 0.3 is 0 Å². The smallest absolute Gasteiger partial charge is 0.266 e. The topological polar surface area (TPSA) is 68.8 Å². The van der Waals surface area contributed by atoms with Crippen molar-refractivity contribution >= 4 is 0 Å². The first-order chi connectivity index (χ1) is 14.3. The monoisotopic (exact) mass is 390 g/mol. The van der Waals surface area contributed by atoms with E-state index in [1.165, 1.54) is 18.7 Å². The lowest BCUT2D eigenvalue weighted by molar-refractivity contribution is 0.159. The highest BCUT2D eigenvalue weighted by molar-refractivity contribution is 5.56. The van der Waals surface area contributed by atoms with Crippen molar-refractivity contribution in [3.05, 3.63) is 65.2 Å². The van der Waals surface area contributed by atoms with Crippen molar-refractivity contribution in [1.82, 2.24) is 29.2 Å². The lowest BCUT2D eigenvalue weighted by atomic mass is 9.97. The van der Waals surface area contributed by atoms with Gasteiger partial charge in [0.05, 0.1) is 12.2 Å². The minimum absolute atomic E-state index is 0.0308. The fourth-order valence-corrected chi connectivity index (χ4v) is 4.18. The Hall–Kier alpha value is -2.80. The molecular weight excluding hydrogens is 364 g/mol. The highest BCUT2D eigenvalue weighted by atomic mass is 16.1. The van der Waals surface area contributed by atoms with Crippen LogP contribution in [0, 0.1) is 5.92 Å². The Bertz CT molecular complexity index is 1020. The van der Waals surface area contributed by atoms with Crippen LogP contribution in [-0.4, -0.2) is 42.3 Å². The SMILES string of the molecule is O=c1ccc(-c2ccncc2)nn1CC1CCN(Cc2nccn2C2CC2)CC1. The van der Waals surface area contributed by atoms with Gasteiger partial charge in [0, 0.05) is 49.0 Å². The number of piperidine rings is 1. The Balaban J connectivity index is 1.21. The third kappa shape index (κ3) is 4.15. The van der Waals surface area contributed by atoms with Gasteiger partial charge in [-0.05, 0) is 62.9 Å². The van der Waals surface area contributed by atoms with Crippen LogP contribution >= 0.6 is 0 Å². The molecule has 0 unspecified atom stereocenters. The number of pyridine rings is 1. The molecule has 2 fully saturated rings. The average molecular weight is 390 g/mol. The van der Waals surface area contributed by atoms with Crippen molar-refractivity contribution in [2.24, 2.45) is 5.92 Å². The van der Waals surface area contributed by atoms with E-state index in [1.54, 1.807) is 29.2 Å². The summed E-state index contributed by atoms with van der Waals surface area (Å²) in [5.74, 6) is 1.67. The van der Waals surface area contributed by atoms with Gasteiger partial charge in [-0.25, -0.2) is 9.67 Å². The standard InChI is InChI=1S/C22H26N6O/c29-22-4-3-20(18-5-9-23-10-6-18)25-28(22)15-17-7-12-26(13-8-17)16-21-24-11-14-27(21)19-1-2-19/h3-6,9-11,14,17,19H,1-2,7-8,12-13,15-16H2. The fraction of sp³-hybridized carbons (Fsp3) is 0.455. The summed E-state index contributed by atoms with van der Waals surface area (Å²) >= 11 is 0. The number of rotatable bonds is 6. The van der Waals surface area contributed by atoms with Crippen LogP contribution in [-0.2, 0) is 13.1 Å². The van der Waals surface area contributed by atoms with E-state index < -0.39 is 0 Å². The van der Waals surface area contributed by atoms with Crippen LogP contribution in [0.4, 0.5) is 0 Å². The molecule has 0 aromatic carbocycles. The molecule has 7 heteroatoms. The Labute approximate surface area is 170 Å². The number of nitrogens with zero attached hydrogens (tertiary/aromatic N) is 6. The molecule has 4 heterocycles. The highest BCUT2D eigenvalue weighted by Crippen LogP contribution is 2.35. The van der Waals surface area contributed by atoms with Gasteiger partial charge in [-0.15, -0.1) is 0 Å². The first-order valence-electron chi connectivity index (χ1n) is 10.5.